The fourth-order valence-corrected chi connectivity index (χ4v) is 3.41. The Morgan fingerprint density at radius 2 is 2.19 bits per heavy atom. The number of nitrogens with one attached hydrogen (secondary N) is 1. The van der Waals surface area contributed by atoms with Gasteiger partial charge in [0.25, 0.3) is 0 Å². The van der Waals surface area contributed by atoms with Crippen molar-refractivity contribution in [3.05, 3.63) is 38.2 Å². The second-order valence-electron chi connectivity index (χ2n) is 4.86. The molecule has 3 aromatic rings. The number of nitrogens with zero attached hydrogens (tertiary/aromatic N) is 3. The van der Waals surface area contributed by atoms with Crippen LogP contribution in [0.3, 0.4) is 0 Å². The molecule has 0 amide bonds. The zero-order valence-electron chi connectivity index (χ0n) is 11.7. The fourth-order valence-electron chi connectivity index (χ4n) is 2.51. The number of aromatic amines is 1. The Bertz CT molecular complexity index is 877. The van der Waals surface area contributed by atoms with Gasteiger partial charge >= 0.3 is 0 Å². The molecule has 0 saturated carbocycles. The molecular formula is C14H14BrClN4S. The van der Waals surface area contributed by atoms with Crippen LogP contribution < -0.4 is 0 Å². The van der Waals surface area contributed by atoms with Gasteiger partial charge in [-0.25, -0.2) is 4.68 Å². The van der Waals surface area contributed by atoms with E-state index in [0.29, 0.717) is 9.79 Å². The van der Waals surface area contributed by atoms with Gasteiger partial charge in [0.15, 0.2) is 10.4 Å². The van der Waals surface area contributed by atoms with Crippen molar-refractivity contribution in [2.75, 3.05) is 0 Å². The Morgan fingerprint density at radius 1 is 1.43 bits per heavy atom. The number of halogens is 2. The Labute approximate surface area is 140 Å². The average molecular weight is 386 g/mol. The summed E-state index contributed by atoms with van der Waals surface area (Å²) >= 11 is 15.2. The number of aromatic nitrogens is 4. The molecule has 0 saturated heterocycles. The highest BCUT2D eigenvalue weighted by Gasteiger charge is 2.17. The van der Waals surface area contributed by atoms with Crippen molar-refractivity contribution in [1.82, 2.24) is 19.3 Å². The summed E-state index contributed by atoms with van der Waals surface area (Å²) in [5, 5.41) is 5.24. The van der Waals surface area contributed by atoms with E-state index < -0.39 is 0 Å². The minimum Gasteiger partial charge on any atom is -0.327 e. The molecule has 21 heavy (non-hydrogen) atoms. The summed E-state index contributed by atoms with van der Waals surface area (Å²) in [6, 6.07) is 5.73. The third-order valence-corrected chi connectivity index (χ3v) is 5.06. The van der Waals surface area contributed by atoms with Crippen LogP contribution in [0.25, 0.3) is 16.9 Å². The quantitative estimate of drug-likeness (QED) is 0.658. The zero-order valence-corrected chi connectivity index (χ0v) is 14.8. The first-order chi connectivity index (χ1) is 10.0. The summed E-state index contributed by atoms with van der Waals surface area (Å²) in [5.41, 5.74) is 3.89. The van der Waals surface area contributed by atoms with Gasteiger partial charge in [-0.2, -0.15) is 5.10 Å². The van der Waals surface area contributed by atoms with E-state index >= 15 is 0 Å². The minimum absolute atomic E-state index is 0.637. The van der Waals surface area contributed by atoms with Gasteiger partial charge in [-0.1, -0.05) is 31.0 Å². The van der Waals surface area contributed by atoms with E-state index in [1.54, 1.807) is 0 Å². The number of fused-ring (bicyclic) bond motifs is 1. The Morgan fingerprint density at radius 3 is 2.90 bits per heavy atom. The van der Waals surface area contributed by atoms with E-state index in [1.165, 1.54) is 0 Å². The number of H-pyrrole nitrogens is 1. The molecule has 3 rings (SSSR count). The van der Waals surface area contributed by atoms with Gasteiger partial charge in [-0.05, 0) is 46.7 Å². The van der Waals surface area contributed by atoms with Gasteiger partial charge in [0.1, 0.15) is 5.52 Å². The Hall–Kier alpha value is -1.11. The molecule has 110 valence electrons. The van der Waals surface area contributed by atoms with Crippen LogP contribution >= 0.6 is 39.7 Å². The SMILES string of the molecule is CCCc1nn(C)c2c1[nH]c(=S)n2-c1cccc(Cl)c1Br. The number of aryl methyl sites for hydroxylation is 2. The molecule has 0 radical (unpaired) electrons. The summed E-state index contributed by atoms with van der Waals surface area (Å²) in [6.45, 7) is 2.14. The van der Waals surface area contributed by atoms with Crippen molar-refractivity contribution in [3.8, 4) is 5.69 Å². The lowest BCUT2D eigenvalue weighted by atomic mass is 10.2. The van der Waals surface area contributed by atoms with Crippen LogP contribution in [0, 0.1) is 4.77 Å². The van der Waals surface area contributed by atoms with E-state index in [4.69, 9.17) is 23.8 Å². The van der Waals surface area contributed by atoms with Gasteiger partial charge in [0.2, 0.25) is 0 Å². The smallest absolute Gasteiger partial charge is 0.184 e. The summed E-state index contributed by atoms with van der Waals surface area (Å²) in [6.07, 6.45) is 1.96. The van der Waals surface area contributed by atoms with Gasteiger partial charge in [-0.3, -0.25) is 4.57 Å². The molecule has 0 bridgehead atoms. The number of hydrogen-bond donors (Lipinski definition) is 1. The predicted octanol–water partition coefficient (Wildman–Crippen LogP) is 4.79. The molecule has 0 atom stereocenters. The predicted molar refractivity (Wildman–Crippen MR) is 91.9 cm³/mol. The van der Waals surface area contributed by atoms with E-state index in [9.17, 15) is 0 Å². The molecule has 0 aliphatic heterocycles. The third-order valence-electron chi connectivity index (χ3n) is 3.40. The summed E-state index contributed by atoms with van der Waals surface area (Å²) in [5.74, 6) is 0. The first-order valence-corrected chi connectivity index (χ1v) is 8.23. The van der Waals surface area contributed by atoms with Crippen LogP contribution in [0.15, 0.2) is 22.7 Å². The molecule has 2 aromatic heterocycles. The lowest BCUT2D eigenvalue weighted by molar-refractivity contribution is 0.735. The van der Waals surface area contributed by atoms with E-state index in [-0.39, 0.29) is 0 Å². The van der Waals surface area contributed by atoms with E-state index in [2.05, 4.69) is 32.9 Å². The highest BCUT2D eigenvalue weighted by molar-refractivity contribution is 9.10. The highest BCUT2D eigenvalue weighted by Crippen LogP contribution is 2.32. The van der Waals surface area contributed by atoms with Gasteiger partial charge in [0, 0.05) is 7.05 Å². The van der Waals surface area contributed by atoms with Crippen molar-refractivity contribution in [3.63, 3.8) is 0 Å². The lowest BCUT2D eigenvalue weighted by Gasteiger charge is -2.08. The van der Waals surface area contributed by atoms with Crippen molar-refractivity contribution in [2.24, 2.45) is 7.05 Å². The monoisotopic (exact) mass is 384 g/mol. The molecule has 1 N–H and O–H groups in total. The molecule has 4 nitrogen and oxygen atoms in total. The Balaban J connectivity index is 2.35. The molecule has 0 fully saturated rings. The second kappa shape index (κ2) is 5.59. The third kappa shape index (κ3) is 2.35. The molecule has 0 unspecified atom stereocenters. The molecule has 1 aromatic carbocycles. The summed E-state index contributed by atoms with van der Waals surface area (Å²) < 4.78 is 5.28. The largest absolute Gasteiger partial charge is 0.327 e. The first-order valence-electron chi connectivity index (χ1n) is 6.65. The standard InChI is InChI=1S/C14H14BrClN4S/c1-3-5-9-12-13(19(2)18-9)20(14(21)17-12)10-7-4-6-8(16)11(10)15/h4,6-7H,3,5H2,1-2H3,(H,17,21). The average Bonchev–Trinajstić information content (AvgIpc) is 2.92. The summed E-state index contributed by atoms with van der Waals surface area (Å²) in [7, 11) is 1.93. The number of hydrogen-bond acceptors (Lipinski definition) is 2. The molecular weight excluding hydrogens is 372 g/mol. The van der Waals surface area contributed by atoms with Gasteiger partial charge in [0.05, 0.1) is 20.9 Å². The van der Waals surface area contributed by atoms with Crippen molar-refractivity contribution in [2.45, 2.75) is 19.8 Å². The maximum atomic E-state index is 6.20. The number of imidazole rings is 1. The van der Waals surface area contributed by atoms with Crippen LogP contribution in [0.5, 0.6) is 0 Å². The maximum Gasteiger partial charge on any atom is 0.184 e. The molecule has 0 aliphatic carbocycles. The Kier molecular flexibility index (Phi) is 3.94. The van der Waals surface area contributed by atoms with Gasteiger partial charge < -0.3 is 4.98 Å². The van der Waals surface area contributed by atoms with Crippen LogP contribution in [-0.4, -0.2) is 19.3 Å². The van der Waals surface area contributed by atoms with Crippen molar-refractivity contribution in [1.29, 1.82) is 0 Å². The van der Waals surface area contributed by atoms with E-state index in [0.717, 1.165) is 39.9 Å². The van der Waals surface area contributed by atoms with Crippen LogP contribution in [0.2, 0.25) is 5.02 Å². The summed E-state index contributed by atoms with van der Waals surface area (Å²) in [4.78, 5) is 3.28. The maximum absolute atomic E-state index is 6.20. The minimum atomic E-state index is 0.637. The lowest BCUT2D eigenvalue weighted by Crippen LogP contribution is -2.02. The molecule has 2 heterocycles. The normalized spacial score (nSPS) is 11.4. The van der Waals surface area contributed by atoms with E-state index in [1.807, 2.05) is 34.5 Å². The van der Waals surface area contributed by atoms with Gasteiger partial charge in [-0.15, -0.1) is 0 Å². The van der Waals surface area contributed by atoms with Crippen LogP contribution in [0.1, 0.15) is 19.0 Å². The number of rotatable bonds is 3. The first kappa shape index (κ1) is 14.8. The van der Waals surface area contributed by atoms with Crippen molar-refractivity contribution >= 4 is 50.9 Å². The fraction of sp³-hybridized carbons (Fsp3) is 0.286. The topological polar surface area (TPSA) is 38.5 Å². The van der Waals surface area contributed by atoms with Crippen LogP contribution in [-0.2, 0) is 13.5 Å². The molecule has 7 heteroatoms. The second-order valence-corrected chi connectivity index (χ2v) is 6.44. The molecule has 0 aliphatic rings. The zero-order chi connectivity index (χ0) is 15.1. The molecule has 0 spiro atoms. The van der Waals surface area contributed by atoms with Crippen LogP contribution in [0.4, 0.5) is 0 Å². The number of benzene rings is 1. The van der Waals surface area contributed by atoms with Crippen molar-refractivity contribution < 1.29 is 0 Å². The highest BCUT2D eigenvalue weighted by atomic mass is 79.9.